The number of carbonyl (C=O) groups is 1. The van der Waals surface area contributed by atoms with Crippen LogP contribution in [0.15, 0.2) is 42.5 Å². The number of hydrogen-bond acceptors (Lipinski definition) is 2. The van der Waals surface area contributed by atoms with Crippen LogP contribution in [0.1, 0.15) is 98.9 Å². The minimum atomic E-state index is 0.136. The van der Waals surface area contributed by atoms with Crippen molar-refractivity contribution < 1.29 is 4.79 Å². The van der Waals surface area contributed by atoms with Gasteiger partial charge in [-0.1, -0.05) is 62.8 Å². The summed E-state index contributed by atoms with van der Waals surface area (Å²) in [5, 5.41) is 0.741. The molecule has 1 aromatic heterocycles. The number of fused-ring (bicyclic) bond motifs is 1. The third kappa shape index (κ3) is 4.88. The quantitative estimate of drug-likeness (QED) is 0.333. The van der Waals surface area contributed by atoms with Gasteiger partial charge in [-0.2, -0.15) is 0 Å². The van der Waals surface area contributed by atoms with Crippen molar-refractivity contribution in [2.24, 2.45) is 0 Å². The molecule has 0 N–H and O–H groups in total. The zero-order chi connectivity index (χ0) is 23.5. The summed E-state index contributed by atoms with van der Waals surface area (Å²) in [7, 11) is 0. The Morgan fingerprint density at radius 2 is 1.74 bits per heavy atom. The van der Waals surface area contributed by atoms with Crippen molar-refractivity contribution in [2.75, 3.05) is 0 Å². The first kappa shape index (κ1) is 23.4. The normalized spacial score (nSPS) is 17.1. The largest absolute Gasteiger partial charge is 0.328 e. The van der Waals surface area contributed by atoms with Crippen LogP contribution in [-0.4, -0.2) is 26.4 Å². The lowest BCUT2D eigenvalue weighted by Gasteiger charge is -2.30. The Balaban J connectivity index is 1.48. The molecule has 2 aliphatic rings. The Hall–Kier alpha value is -2.33. The summed E-state index contributed by atoms with van der Waals surface area (Å²) in [5.74, 6) is 1.14. The van der Waals surface area contributed by atoms with E-state index in [1.165, 1.54) is 56.9 Å². The zero-order valence-corrected chi connectivity index (χ0v) is 21.1. The summed E-state index contributed by atoms with van der Waals surface area (Å²) >= 11 is 6.39. The van der Waals surface area contributed by atoms with Crippen molar-refractivity contribution in [1.29, 1.82) is 0 Å². The van der Waals surface area contributed by atoms with Crippen LogP contribution in [0.3, 0.4) is 0 Å². The molecule has 4 nitrogen and oxygen atoms in total. The van der Waals surface area contributed by atoms with Gasteiger partial charge < -0.3 is 9.47 Å². The fourth-order valence-electron chi connectivity index (χ4n) is 5.89. The lowest BCUT2D eigenvalue weighted by molar-refractivity contribution is 0.0655. The van der Waals surface area contributed by atoms with Gasteiger partial charge >= 0.3 is 0 Å². The molecule has 0 aliphatic heterocycles. The molecule has 34 heavy (non-hydrogen) atoms. The highest BCUT2D eigenvalue weighted by molar-refractivity contribution is 6.31. The van der Waals surface area contributed by atoms with E-state index in [9.17, 15) is 4.79 Å². The van der Waals surface area contributed by atoms with Crippen LogP contribution in [0.5, 0.6) is 0 Å². The van der Waals surface area contributed by atoms with Crippen molar-refractivity contribution >= 4 is 28.5 Å². The number of rotatable bonds is 8. The van der Waals surface area contributed by atoms with Crippen molar-refractivity contribution in [1.82, 2.24) is 14.5 Å². The molecule has 180 valence electrons. The minimum Gasteiger partial charge on any atom is -0.328 e. The third-order valence-electron chi connectivity index (χ3n) is 7.77. The van der Waals surface area contributed by atoms with Crippen LogP contribution in [0.4, 0.5) is 0 Å². The second-order valence-electron chi connectivity index (χ2n) is 10.1. The average Bonchev–Trinajstić information content (AvgIpc) is 3.62. The Labute approximate surface area is 208 Å². The highest BCUT2D eigenvalue weighted by atomic mass is 35.5. The first-order valence-corrected chi connectivity index (χ1v) is 13.6. The Kier molecular flexibility index (Phi) is 7.24. The highest BCUT2D eigenvalue weighted by Crippen LogP contribution is 2.36. The fourth-order valence-corrected chi connectivity index (χ4v) is 6.06. The molecular formula is C29H36ClN3O. The Morgan fingerprint density at radius 3 is 2.44 bits per heavy atom. The maximum absolute atomic E-state index is 13.8. The van der Waals surface area contributed by atoms with E-state index in [0.29, 0.717) is 12.6 Å². The van der Waals surface area contributed by atoms with Gasteiger partial charge in [-0.3, -0.25) is 4.79 Å². The third-order valence-corrected chi connectivity index (χ3v) is 8.01. The number of benzene rings is 2. The maximum atomic E-state index is 13.8. The van der Waals surface area contributed by atoms with Gasteiger partial charge in [0.2, 0.25) is 0 Å². The molecular weight excluding hydrogens is 442 g/mol. The number of aromatic nitrogens is 2. The molecule has 5 heteroatoms. The smallest absolute Gasteiger partial charge is 0.254 e. The minimum absolute atomic E-state index is 0.136. The molecule has 2 saturated carbocycles. The number of aryl methyl sites for hydroxylation is 1. The van der Waals surface area contributed by atoms with Gasteiger partial charge in [0, 0.05) is 22.7 Å². The molecule has 0 unspecified atom stereocenters. The number of nitrogens with zero attached hydrogens (tertiary/aromatic N) is 3. The average molecular weight is 478 g/mol. The van der Waals surface area contributed by atoms with Crippen LogP contribution in [0.25, 0.3) is 11.0 Å². The molecule has 0 saturated heterocycles. The molecule has 3 aromatic rings. The number of unbranched alkanes of at least 4 members (excludes halogenated alkanes) is 1. The van der Waals surface area contributed by atoms with Crippen LogP contribution in [-0.2, 0) is 13.0 Å². The molecule has 0 bridgehead atoms. The molecule has 2 fully saturated rings. The van der Waals surface area contributed by atoms with Gasteiger partial charge in [0.05, 0.1) is 17.6 Å². The fraction of sp³-hybridized carbons (Fsp3) is 0.517. The number of imidazole rings is 1. The second kappa shape index (κ2) is 10.5. The van der Waals surface area contributed by atoms with Crippen molar-refractivity contribution in [2.45, 2.75) is 96.2 Å². The van der Waals surface area contributed by atoms with E-state index in [0.717, 1.165) is 46.7 Å². The number of halogens is 1. The molecule has 2 aromatic carbocycles. The molecule has 5 rings (SSSR count). The van der Waals surface area contributed by atoms with Gasteiger partial charge in [0.25, 0.3) is 5.91 Å². The number of carbonyl (C=O) groups excluding carboxylic acids is 1. The molecule has 1 amide bonds. The number of hydrogen-bond donors (Lipinski definition) is 0. The summed E-state index contributed by atoms with van der Waals surface area (Å²) in [5.41, 5.74) is 4.18. The van der Waals surface area contributed by atoms with E-state index in [2.05, 4.69) is 28.5 Å². The first-order chi connectivity index (χ1) is 16.6. The Bertz CT molecular complexity index is 1120. The molecule has 0 spiro atoms. The topological polar surface area (TPSA) is 38.1 Å². The van der Waals surface area contributed by atoms with Gasteiger partial charge in [-0.05, 0) is 74.4 Å². The van der Waals surface area contributed by atoms with Crippen molar-refractivity contribution in [3.05, 3.63) is 64.4 Å². The van der Waals surface area contributed by atoms with E-state index >= 15 is 0 Å². The predicted molar refractivity (Wildman–Crippen MR) is 139 cm³/mol. The summed E-state index contributed by atoms with van der Waals surface area (Å²) in [6.45, 7) is 2.77. The highest BCUT2D eigenvalue weighted by Gasteiger charge is 2.31. The van der Waals surface area contributed by atoms with Gasteiger partial charge in [-0.25, -0.2) is 4.98 Å². The summed E-state index contributed by atoms with van der Waals surface area (Å²) < 4.78 is 2.40. The first-order valence-electron chi connectivity index (χ1n) is 13.2. The maximum Gasteiger partial charge on any atom is 0.254 e. The van der Waals surface area contributed by atoms with E-state index in [1.807, 2.05) is 30.3 Å². The molecule has 1 heterocycles. The standard InChI is InChI=1S/C29H36ClN3O/c1-2-3-8-21-13-15-22(16-14-21)29(34)32(24-9-4-5-10-24)20-28-31-26-18-17-23(30)19-27(26)33(28)25-11-6-7-12-25/h13-19,24-25H,2-12,20H2,1H3. The zero-order valence-electron chi connectivity index (χ0n) is 20.3. The molecule has 0 radical (unpaired) electrons. The van der Waals surface area contributed by atoms with Crippen LogP contribution >= 0.6 is 11.6 Å². The van der Waals surface area contributed by atoms with E-state index in [4.69, 9.17) is 16.6 Å². The van der Waals surface area contributed by atoms with Crippen molar-refractivity contribution in [3.63, 3.8) is 0 Å². The van der Waals surface area contributed by atoms with Gasteiger partial charge in [0.15, 0.2) is 0 Å². The van der Waals surface area contributed by atoms with Gasteiger partial charge in [-0.15, -0.1) is 0 Å². The summed E-state index contributed by atoms with van der Waals surface area (Å²) in [4.78, 5) is 21.0. The molecule has 0 atom stereocenters. The SMILES string of the molecule is CCCCc1ccc(C(=O)N(Cc2nc3ccc(Cl)cc3n2C2CCCC2)C2CCCC2)cc1. The molecule has 2 aliphatic carbocycles. The van der Waals surface area contributed by atoms with Crippen LogP contribution < -0.4 is 0 Å². The van der Waals surface area contributed by atoms with E-state index in [-0.39, 0.29) is 11.9 Å². The lowest BCUT2D eigenvalue weighted by atomic mass is 10.0. The van der Waals surface area contributed by atoms with Crippen LogP contribution in [0.2, 0.25) is 5.02 Å². The number of amides is 1. The van der Waals surface area contributed by atoms with Crippen LogP contribution in [0, 0.1) is 0 Å². The lowest BCUT2D eigenvalue weighted by Crippen LogP contribution is -2.39. The van der Waals surface area contributed by atoms with E-state index in [1.54, 1.807) is 0 Å². The summed E-state index contributed by atoms with van der Waals surface area (Å²) in [6, 6.07) is 15.0. The van der Waals surface area contributed by atoms with Gasteiger partial charge in [0.1, 0.15) is 5.82 Å². The predicted octanol–water partition coefficient (Wildman–Crippen LogP) is 7.73. The second-order valence-corrected chi connectivity index (χ2v) is 10.6. The monoisotopic (exact) mass is 477 g/mol. The van der Waals surface area contributed by atoms with E-state index < -0.39 is 0 Å². The van der Waals surface area contributed by atoms with Crippen molar-refractivity contribution in [3.8, 4) is 0 Å². The Morgan fingerprint density at radius 1 is 1.03 bits per heavy atom. The summed E-state index contributed by atoms with van der Waals surface area (Å²) in [6.07, 6.45) is 12.8.